The fraction of sp³-hybridized carbons (Fsp3) is 0.700. The Kier molecular flexibility index (Phi) is 2.52. The quantitative estimate of drug-likeness (QED) is 0.703. The summed E-state index contributed by atoms with van der Waals surface area (Å²) in [5, 5.41) is 7.77. The van der Waals surface area contributed by atoms with Crippen LogP contribution in [0.4, 0.5) is 5.82 Å². The third-order valence-electron chi connectivity index (χ3n) is 2.37. The molecule has 0 unspecified atom stereocenters. The Labute approximate surface area is 79.1 Å². The Morgan fingerprint density at radius 1 is 1.62 bits per heavy atom. The average molecular weight is 179 g/mol. The molecule has 0 atom stereocenters. The molecule has 1 aliphatic rings. The van der Waals surface area contributed by atoms with E-state index in [1.807, 2.05) is 0 Å². The summed E-state index contributed by atoms with van der Waals surface area (Å²) in [4.78, 5) is 0. The predicted octanol–water partition coefficient (Wildman–Crippen LogP) is 2.43. The first-order chi connectivity index (χ1) is 6.40. The van der Waals surface area contributed by atoms with Gasteiger partial charge in [0.25, 0.3) is 0 Å². The van der Waals surface area contributed by atoms with Crippen LogP contribution in [0.3, 0.4) is 0 Å². The summed E-state index contributed by atoms with van der Waals surface area (Å²) >= 11 is 0. The molecule has 1 aliphatic carbocycles. The van der Waals surface area contributed by atoms with Gasteiger partial charge in [0.15, 0.2) is 0 Å². The van der Waals surface area contributed by atoms with Gasteiger partial charge in [0.05, 0.1) is 6.04 Å². The highest BCUT2D eigenvalue weighted by atomic mass is 15.3. The molecule has 1 N–H and O–H groups in total. The van der Waals surface area contributed by atoms with E-state index in [1.165, 1.54) is 25.7 Å². The molecule has 0 aromatic carbocycles. The topological polar surface area (TPSA) is 29.9 Å². The molecule has 0 radical (unpaired) electrons. The zero-order chi connectivity index (χ0) is 9.10. The maximum Gasteiger partial charge on any atom is 0.147 e. The van der Waals surface area contributed by atoms with Crippen LogP contribution >= 0.6 is 0 Å². The van der Waals surface area contributed by atoms with Crippen molar-refractivity contribution in [2.75, 3.05) is 11.9 Å². The van der Waals surface area contributed by atoms with Gasteiger partial charge in [-0.3, -0.25) is 4.68 Å². The van der Waals surface area contributed by atoms with Gasteiger partial charge in [0.1, 0.15) is 5.82 Å². The first-order valence-corrected chi connectivity index (χ1v) is 5.19. The molecular formula is C10H17N3. The van der Waals surface area contributed by atoms with E-state index in [0.29, 0.717) is 6.04 Å². The molecule has 1 saturated carbocycles. The maximum atomic E-state index is 4.45. The zero-order valence-electron chi connectivity index (χ0n) is 8.16. The summed E-state index contributed by atoms with van der Waals surface area (Å²) in [6.07, 6.45) is 7.13. The summed E-state index contributed by atoms with van der Waals surface area (Å²) < 4.78 is 2.08. The van der Waals surface area contributed by atoms with Crippen LogP contribution in [0.15, 0.2) is 12.3 Å². The van der Waals surface area contributed by atoms with Crippen LogP contribution < -0.4 is 5.32 Å². The van der Waals surface area contributed by atoms with Crippen molar-refractivity contribution in [3.8, 4) is 0 Å². The van der Waals surface area contributed by atoms with Crippen molar-refractivity contribution in [2.24, 2.45) is 0 Å². The lowest BCUT2D eigenvalue weighted by Crippen LogP contribution is -2.02. The van der Waals surface area contributed by atoms with Crippen LogP contribution in [0.25, 0.3) is 0 Å². The first-order valence-electron chi connectivity index (χ1n) is 5.19. The van der Waals surface area contributed by atoms with Gasteiger partial charge >= 0.3 is 0 Å². The van der Waals surface area contributed by atoms with Crippen molar-refractivity contribution in [3.05, 3.63) is 12.3 Å². The minimum atomic E-state index is 0.696. The van der Waals surface area contributed by atoms with E-state index in [0.717, 1.165) is 12.4 Å². The van der Waals surface area contributed by atoms with Crippen molar-refractivity contribution < 1.29 is 0 Å². The molecule has 13 heavy (non-hydrogen) atoms. The van der Waals surface area contributed by atoms with E-state index in [9.17, 15) is 0 Å². The molecule has 1 aromatic rings. The summed E-state index contributed by atoms with van der Waals surface area (Å²) in [6, 6.07) is 2.76. The smallest absolute Gasteiger partial charge is 0.147 e. The highest BCUT2D eigenvalue weighted by Gasteiger charge is 2.23. The fourth-order valence-electron chi connectivity index (χ4n) is 1.37. The Bertz CT molecular complexity index is 263. The molecule has 0 saturated heterocycles. The Morgan fingerprint density at radius 2 is 2.46 bits per heavy atom. The van der Waals surface area contributed by atoms with Gasteiger partial charge in [0, 0.05) is 18.8 Å². The second-order valence-corrected chi connectivity index (χ2v) is 3.69. The molecule has 1 fully saturated rings. The van der Waals surface area contributed by atoms with Gasteiger partial charge in [-0.15, -0.1) is 0 Å². The van der Waals surface area contributed by atoms with Crippen LogP contribution in [0.2, 0.25) is 0 Å². The minimum Gasteiger partial charge on any atom is -0.369 e. The minimum absolute atomic E-state index is 0.696. The van der Waals surface area contributed by atoms with Crippen LogP contribution in [-0.2, 0) is 0 Å². The number of hydrogen-bond acceptors (Lipinski definition) is 2. The van der Waals surface area contributed by atoms with Gasteiger partial charge in [-0.05, 0) is 19.3 Å². The largest absolute Gasteiger partial charge is 0.369 e. The molecule has 3 heteroatoms. The molecule has 0 amide bonds. The van der Waals surface area contributed by atoms with E-state index >= 15 is 0 Å². The number of aromatic nitrogens is 2. The van der Waals surface area contributed by atoms with Crippen LogP contribution in [-0.4, -0.2) is 16.3 Å². The Balaban J connectivity index is 1.82. The zero-order valence-corrected chi connectivity index (χ0v) is 8.16. The molecular weight excluding hydrogens is 162 g/mol. The highest BCUT2D eigenvalue weighted by molar-refractivity contribution is 5.32. The van der Waals surface area contributed by atoms with Crippen molar-refractivity contribution in [2.45, 2.75) is 38.6 Å². The Hall–Kier alpha value is -0.990. The highest BCUT2D eigenvalue weighted by Crippen LogP contribution is 2.34. The number of hydrogen-bond donors (Lipinski definition) is 1. The van der Waals surface area contributed by atoms with E-state index in [-0.39, 0.29) is 0 Å². The SMILES string of the molecule is CCCCNc1ccn(C2CC2)n1. The number of nitrogens with zero attached hydrogens (tertiary/aromatic N) is 2. The van der Waals surface area contributed by atoms with Crippen molar-refractivity contribution in [3.63, 3.8) is 0 Å². The maximum absolute atomic E-state index is 4.45. The summed E-state index contributed by atoms with van der Waals surface area (Å²) in [7, 11) is 0. The van der Waals surface area contributed by atoms with Gasteiger partial charge in [-0.25, -0.2) is 0 Å². The summed E-state index contributed by atoms with van der Waals surface area (Å²) in [5.41, 5.74) is 0. The second kappa shape index (κ2) is 3.81. The van der Waals surface area contributed by atoms with E-state index < -0.39 is 0 Å². The van der Waals surface area contributed by atoms with E-state index in [2.05, 4.69) is 34.3 Å². The van der Waals surface area contributed by atoms with Crippen LogP contribution in [0, 0.1) is 0 Å². The lowest BCUT2D eigenvalue weighted by molar-refractivity contribution is 0.642. The average Bonchev–Trinajstić information content (AvgIpc) is 2.88. The van der Waals surface area contributed by atoms with Gasteiger partial charge in [0.2, 0.25) is 0 Å². The number of rotatable bonds is 5. The molecule has 0 aliphatic heterocycles. The summed E-state index contributed by atoms with van der Waals surface area (Å²) in [6.45, 7) is 3.24. The second-order valence-electron chi connectivity index (χ2n) is 3.69. The molecule has 0 spiro atoms. The van der Waals surface area contributed by atoms with Crippen molar-refractivity contribution in [1.82, 2.24) is 9.78 Å². The standard InChI is InChI=1S/C10H17N3/c1-2-3-7-11-10-6-8-13(12-10)9-4-5-9/h6,8-9H,2-5,7H2,1H3,(H,11,12). The molecule has 2 rings (SSSR count). The van der Waals surface area contributed by atoms with Gasteiger partial charge < -0.3 is 5.32 Å². The van der Waals surface area contributed by atoms with Crippen molar-refractivity contribution >= 4 is 5.82 Å². The number of nitrogens with one attached hydrogen (secondary N) is 1. The molecule has 72 valence electrons. The molecule has 3 nitrogen and oxygen atoms in total. The predicted molar refractivity (Wildman–Crippen MR) is 53.9 cm³/mol. The lowest BCUT2D eigenvalue weighted by Gasteiger charge is -2.00. The third-order valence-corrected chi connectivity index (χ3v) is 2.37. The number of anilines is 1. The Morgan fingerprint density at radius 3 is 3.15 bits per heavy atom. The monoisotopic (exact) mass is 179 g/mol. The fourth-order valence-corrected chi connectivity index (χ4v) is 1.37. The van der Waals surface area contributed by atoms with E-state index in [4.69, 9.17) is 0 Å². The molecule has 1 heterocycles. The number of unbranched alkanes of at least 4 members (excludes halogenated alkanes) is 1. The summed E-state index contributed by atoms with van der Waals surface area (Å²) in [5.74, 6) is 1.03. The lowest BCUT2D eigenvalue weighted by atomic mass is 10.3. The molecule has 0 bridgehead atoms. The van der Waals surface area contributed by atoms with Gasteiger partial charge in [-0.1, -0.05) is 13.3 Å². The van der Waals surface area contributed by atoms with Gasteiger partial charge in [-0.2, -0.15) is 5.10 Å². The third kappa shape index (κ3) is 2.23. The van der Waals surface area contributed by atoms with Crippen molar-refractivity contribution in [1.29, 1.82) is 0 Å². The molecule has 1 aromatic heterocycles. The van der Waals surface area contributed by atoms with Crippen LogP contribution in [0.5, 0.6) is 0 Å². The van der Waals surface area contributed by atoms with E-state index in [1.54, 1.807) is 0 Å². The normalized spacial score (nSPS) is 16.1. The first kappa shape index (κ1) is 8.60. The van der Waals surface area contributed by atoms with Crippen LogP contribution in [0.1, 0.15) is 38.6 Å².